The van der Waals surface area contributed by atoms with Crippen LogP contribution in [0.1, 0.15) is 215 Å². The topological polar surface area (TPSA) is 40.5 Å². The third-order valence-electron chi connectivity index (χ3n) is 19.7. The van der Waals surface area contributed by atoms with E-state index in [2.05, 4.69) is 441 Å². The van der Waals surface area contributed by atoms with Gasteiger partial charge in [-0.15, -0.1) is 5.69 Å². The zero-order chi connectivity index (χ0) is 76.6. The van der Waals surface area contributed by atoms with E-state index < -0.39 is 8.24 Å². The van der Waals surface area contributed by atoms with Crippen molar-refractivity contribution in [3.8, 4) is 0 Å². The third-order valence-corrected chi connectivity index (χ3v) is 23.8. The Balaban J connectivity index is 0.000000235. The summed E-state index contributed by atoms with van der Waals surface area (Å²) in [5.74, 6) is -0.0907. The molecule has 0 amide bonds. The van der Waals surface area contributed by atoms with Gasteiger partial charge in [-0.2, -0.15) is 0 Å². The quantitative estimate of drug-likeness (QED) is 0.0377. The van der Waals surface area contributed by atoms with Crippen LogP contribution < -0.4 is 29.3 Å². The molecular formula is C98H118CoN7Si-. The smallest absolute Gasteiger partial charge is 0.204 e. The molecule has 559 valence electrons. The number of benzene rings is 10. The normalized spacial score (nSPS) is 11.1. The molecule has 1 radical (unpaired) electrons. The number of imidazole rings is 3. The molecule has 7 nitrogen and oxygen atoms in total. The average molecular weight is 1480 g/mol. The van der Waals surface area contributed by atoms with E-state index in [0.29, 0.717) is 36.3 Å². The Kier molecular flexibility index (Phi) is 32.3. The van der Waals surface area contributed by atoms with Gasteiger partial charge < -0.3 is 32.4 Å². The molecule has 0 N–H and O–H groups in total. The van der Waals surface area contributed by atoms with Gasteiger partial charge in [0.15, 0.2) is 0 Å². The first-order chi connectivity index (χ1) is 50.8. The van der Waals surface area contributed by atoms with E-state index in [1.807, 2.05) is 36.4 Å². The first-order valence-corrected chi connectivity index (χ1v) is 40.1. The van der Waals surface area contributed by atoms with Gasteiger partial charge in [-0.05, 0) is 160 Å². The molecule has 0 atom stereocenters. The summed E-state index contributed by atoms with van der Waals surface area (Å²) in [5, 5.41) is 3.76. The minimum absolute atomic E-state index is 0. The summed E-state index contributed by atoms with van der Waals surface area (Å²) < 4.78 is 13.2. The van der Waals surface area contributed by atoms with Gasteiger partial charge in [-0.25, -0.2) is 0 Å². The Morgan fingerprint density at radius 2 is 0.486 bits per heavy atom. The van der Waals surface area contributed by atoms with Crippen LogP contribution in [0, 0.1) is 81.3 Å². The molecular weight excluding hydrogens is 1360 g/mol. The zero-order valence-electron chi connectivity index (χ0n) is 67.7. The molecule has 3 heterocycles. The Bertz CT molecular complexity index is 4150. The van der Waals surface area contributed by atoms with Gasteiger partial charge in [-0.1, -0.05) is 370 Å². The largest absolute Gasteiger partial charge is 0.676 e. The van der Waals surface area contributed by atoms with E-state index in [4.69, 9.17) is 4.98 Å². The molecule has 0 spiro atoms. The molecule has 0 aliphatic carbocycles. The molecule has 0 aliphatic heterocycles. The van der Waals surface area contributed by atoms with E-state index in [1.54, 1.807) is 0 Å². The predicted molar refractivity (Wildman–Crippen MR) is 449 cm³/mol. The summed E-state index contributed by atoms with van der Waals surface area (Å²) in [5.41, 5.74) is 20.3. The van der Waals surface area contributed by atoms with E-state index >= 15 is 0 Å². The van der Waals surface area contributed by atoms with Gasteiger partial charge in [-0.3, -0.25) is 0 Å². The molecule has 10 aromatic carbocycles. The van der Waals surface area contributed by atoms with Gasteiger partial charge in [0.05, 0.1) is 44.5 Å². The standard InChI is InChI=1S/C51H42NSi.3C11H20N2.2C7H8.Co/c1-39-37-47(49(40-23-9-2-10-24-40)41-25-11-3-12-26-41)51(48(38-39)50(42-27-13-4-14-28-42)43-29-15-5-16-30-43)52-53(44-31-17-6-18-32-44,45-33-19-7-20-34-45)46-35-21-8-22-36-46;3*1-8(2)12-7-13(9(3)4)11(6)10(12)5;2*1-7-5-3-2-4-6-7;/h2-38,49-50H,1H3;3*8-9H,1-6H3;2*2-6H,1H3;/q-1;;;;;;. The van der Waals surface area contributed by atoms with Crippen LogP contribution in [0.5, 0.6) is 0 Å². The molecule has 0 aliphatic rings. The predicted octanol–water partition coefficient (Wildman–Crippen LogP) is 22.1. The Labute approximate surface area is 656 Å². The van der Waals surface area contributed by atoms with Crippen LogP contribution in [0.2, 0.25) is 0 Å². The fourth-order valence-corrected chi connectivity index (χ4v) is 17.9. The van der Waals surface area contributed by atoms with Crippen LogP contribution >= 0.6 is 0 Å². The Morgan fingerprint density at radius 1 is 0.280 bits per heavy atom. The molecule has 0 bridgehead atoms. The first kappa shape index (κ1) is 84.6. The minimum atomic E-state index is -3.12. The fourth-order valence-electron chi connectivity index (χ4n) is 13.9. The number of hydrogen-bond donors (Lipinski definition) is 0. The maximum atomic E-state index is 6.42. The van der Waals surface area contributed by atoms with Crippen LogP contribution in [0.25, 0.3) is 4.98 Å². The van der Waals surface area contributed by atoms with E-state index in [1.165, 1.54) is 99.8 Å². The second kappa shape index (κ2) is 40.9. The number of aromatic nitrogens is 6. The second-order valence-corrected chi connectivity index (χ2v) is 33.0. The van der Waals surface area contributed by atoms with Crippen molar-refractivity contribution in [3.63, 3.8) is 0 Å². The number of rotatable bonds is 17. The van der Waals surface area contributed by atoms with Crippen molar-refractivity contribution < 1.29 is 30.5 Å². The molecule has 13 aromatic rings. The van der Waals surface area contributed by atoms with Crippen molar-refractivity contribution in [2.24, 2.45) is 0 Å². The molecule has 9 heteroatoms. The zero-order valence-corrected chi connectivity index (χ0v) is 69.8. The monoisotopic (exact) mass is 1480 g/mol. The van der Waals surface area contributed by atoms with E-state index in [0.717, 1.165) is 5.69 Å². The Morgan fingerprint density at radius 3 is 0.654 bits per heavy atom. The molecule has 0 fully saturated rings. The number of nitrogens with zero attached hydrogens (tertiary/aromatic N) is 7. The summed E-state index contributed by atoms with van der Waals surface area (Å²) in [7, 11) is -3.12. The van der Waals surface area contributed by atoms with Crippen molar-refractivity contribution in [1.82, 2.24) is 13.7 Å². The van der Waals surface area contributed by atoms with Gasteiger partial charge >= 0.3 is 0 Å². The molecule has 0 unspecified atom stereocenters. The summed E-state index contributed by atoms with van der Waals surface area (Å²) in [6.07, 6.45) is 10.1. The van der Waals surface area contributed by atoms with Crippen LogP contribution in [-0.2, 0) is 16.8 Å². The van der Waals surface area contributed by atoms with Crippen LogP contribution in [0.4, 0.5) is 5.69 Å². The van der Waals surface area contributed by atoms with Gasteiger partial charge in [0, 0.05) is 28.6 Å². The van der Waals surface area contributed by atoms with Crippen LogP contribution in [0.3, 0.4) is 0 Å². The molecule has 0 saturated heterocycles. The van der Waals surface area contributed by atoms with Gasteiger partial charge in [0.1, 0.15) is 0 Å². The summed E-state index contributed by atoms with van der Waals surface area (Å²) in [6, 6.07) is 105. The van der Waals surface area contributed by atoms with Crippen molar-refractivity contribution >= 4 is 29.5 Å². The van der Waals surface area contributed by atoms with Crippen molar-refractivity contribution in [3.05, 3.63) is 393 Å². The van der Waals surface area contributed by atoms with E-state index in [-0.39, 0.29) is 28.6 Å². The van der Waals surface area contributed by atoms with Gasteiger partial charge in [0.25, 0.3) is 0 Å². The van der Waals surface area contributed by atoms with Crippen molar-refractivity contribution in [2.45, 2.75) is 193 Å². The third kappa shape index (κ3) is 22.0. The summed E-state index contributed by atoms with van der Waals surface area (Å²) >= 11 is 0. The SMILES string of the molecule is Cc1c(C)[n+](C(C)C)[c-]n1C(C)C.Cc1c(C)[n+](C(C)C)[c-]n1C(C)C.Cc1c(C)[n+](C(C)C)[c-]n1C(C)C.Cc1cc(C(c2ccccc2)c2ccccc2)c([N-][Si](c2ccccc2)(c2ccccc2)c2ccccc2)c(C(c2ccccc2)c2ccccc2)c1.Cc1ccccc1.Cc1ccccc1.[Co]. The van der Waals surface area contributed by atoms with Crippen molar-refractivity contribution in [2.75, 3.05) is 0 Å². The fraction of sp³-hybridized carbons (Fsp3) is 0.296. The minimum Gasteiger partial charge on any atom is -0.676 e. The van der Waals surface area contributed by atoms with Crippen LogP contribution in [0.15, 0.2) is 285 Å². The number of hydrogen-bond acceptors (Lipinski definition) is 0. The Hall–Kier alpha value is -9.65. The van der Waals surface area contributed by atoms with Gasteiger partial charge in [0.2, 0.25) is 19.0 Å². The molecule has 13 rings (SSSR count). The first-order valence-electron chi connectivity index (χ1n) is 38.2. The van der Waals surface area contributed by atoms with E-state index in [9.17, 15) is 0 Å². The summed E-state index contributed by atoms with van der Waals surface area (Å²) in [4.78, 5) is 6.42. The van der Waals surface area contributed by atoms with Crippen molar-refractivity contribution in [1.29, 1.82) is 0 Å². The maximum Gasteiger partial charge on any atom is 0.204 e. The molecule has 107 heavy (non-hydrogen) atoms. The second-order valence-electron chi connectivity index (χ2n) is 29.6. The number of aryl methyl sites for hydroxylation is 3. The molecule has 0 saturated carbocycles. The van der Waals surface area contributed by atoms with Crippen LogP contribution in [-0.4, -0.2) is 21.9 Å². The average Bonchev–Trinajstić information content (AvgIpc) is 1.40. The maximum absolute atomic E-state index is 6.42. The summed E-state index contributed by atoms with van der Waals surface area (Å²) in [6.45, 7) is 45.6. The molecule has 3 aromatic heterocycles.